The van der Waals surface area contributed by atoms with Crippen LogP contribution in [-0.2, 0) is 0 Å². The van der Waals surface area contributed by atoms with Crippen LogP contribution in [0.2, 0.25) is 0 Å². The molecule has 1 aromatic heterocycles. The summed E-state index contributed by atoms with van der Waals surface area (Å²) in [7, 11) is 1.63. The number of hydrogen-bond donors (Lipinski definition) is 2. The number of hydrogen-bond acceptors (Lipinski definition) is 4. The molecule has 3 N–H and O–H groups in total. The molecular formula is C16H19N3O2. The number of carbonyl (C=O) groups is 1. The molecule has 0 aliphatic rings. The maximum absolute atomic E-state index is 12.2. The van der Waals surface area contributed by atoms with Gasteiger partial charge in [-0.2, -0.15) is 0 Å². The molecule has 0 aliphatic carbocycles. The molecular weight excluding hydrogens is 266 g/mol. The van der Waals surface area contributed by atoms with E-state index in [9.17, 15) is 4.79 Å². The smallest absolute Gasteiger partial charge is 0.270 e. The Morgan fingerprint density at radius 2 is 2.00 bits per heavy atom. The van der Waals surface area contributed by atoms with Crippen LogP contribution in [-0.4, -0.2) is 18.0 Å². The van der Waals surface area contributed by atoms with Crippen LogP contribution in [0.15, 0.2) is 42.6 Å². The summed E-state index contributed by atoms with van der Waals surface area (Å²) in [5.41, 5.74) is 7.49. The lowest BCUT2D eigenvalue weighted by atomic mass is 10.0. The van der Waals surface area contributed by atoms with Crippen LogP contribution in [0, 0.1) is 0 Å². The monoisotopic (exact) mass is 285 g/mol. The zero-order valence-electron chi connectivity index (χ0n) is 12.2. The van der Waals surface area contributed by atoms with Gasteiger partial charge in [-0.1, -0.05) is 19.1 Å². The number of nitrogen functional groups attached to an aromatic ring is 1. The Bertz CT molecular complexity index is 594. The van der Waals surface area contributed by atoms with Crippen LogP contribution in [0.5, 0.6) is 5.75 Å². The average Bonchev–Trinajstić information content (AvgIpc) is 2.53. The van der Waals surface area contributed by atoms with Gasteiger partial charge in [0.15, 0.2) is 0 Å². The number of nitrogens with two attached hydrogens (primary N) is 1. The first-order valence-electron chi connectivity index (χ1n) is 6.80. The topological polar surface area (TPSA) is 77.2 Å². The van der Waals surface area contributed by atoms with E-state index < -0.39 is 0 Å². The molecule has 0 fully saturated rings. The standard InChI is InChI=1S/C16H19N3O2/c1-3-14(11-4-7-13(21-2)8-5-11)19-16(20)15-9-6-12(17)10-18-15/h4-10,14H,3,17H2,1-2H3,(H,19,20). The van der Waals surface area contributed by atoms with Crippen LogP contribution in [0.3, 0.4) is 0 Å². The lowest BCUT2D eigenvalue weighted by molar-refractivity contribution is 0.0930. The molecule has 0 spiro atoms. The van der Waals surface area contributed by atoms with Crippen molar-refractivity contribution in [2.24, 2.45) is 0 Å². The molecule has 2 aromatic rings. The van der Waals surface area contributed by atoms with E-state index in [1.165, 1.54) is 6.20 Å². The molecule has 1 amide bonds. The number of ether oxygens (including phenoxy) is 1. The molecule has 0 saturated carbocycles. The number of carbonyl (C=O) groups excluding carboxylic acids is 1. The van der Waals surface area contributed by atoms with Crippen LogP contribution >= 0.6 is 0 Å². The van der Waals surface area contributed by atoms with Gasteiger partial charge in [0.05, 0.1) is 25.0 Å². The summed E-state index contributed by atoms with van der Waals surface area (Å²) >= 11 is 0. The Balaban J connectivity index is 2.10. The van der Waals surface area contributed by atoms with Gasteiger partial charge >= 0.3 is 0 Å². The number of nitrogens with zero attached hydrogens (tertiary/aromatic N) is 1. The molecule has 0 saturated heterocycles. The molecule has 21 heavy (non-hydrogen) atoms. The summed E-state index contributed by atoms with van der Waals surface area (Å²) in [6.45, 7) is 2.02. The Hall–Kier alpha value is -2.56. The van der Waals surface area contributed by atoms with E-state index in [1.54, 1.807) is 19.2 Å². The second kappa shape index (κ2) is 6.74. The first-order chi connectivity index (χ1) is 10.1. The zero-order chi connectivity index (χ0) is 15.2. The highest BCUT2D eigenvalue weighted by atomic mass is 16.5. The number of anilines is 1. The molecule has 5 heteroatoms. The van der Waals surface area contributed by atoms with E-state index in [4.69, 9.17) is 10.5 Å². The van der Waals surface area contributed by atoms with Gasteiger partial charge in [0.2, 0.25) is 0 Å². The molecule has 0 bridgehead atoms. The van der Waals surface area contributed by atoms with Crippen molar-refractivity contribution in [2.75, 3.05) is 12.8 Å². The SMILES string of the molecule is CCC(NC(=O)c1ccc(N)cn1)c1ccc(OC)cc1. The summed E-state index contributed by atoms with van der Waals surface area (Å²) in [5.74, 6) is 0.581. The van der Waals surface area contributed by atoms with Gasteiger partial charge in [-0.15, -0.1) is 0 Å². The van der Waals surface area contributed by atoms with Crippen LogP contribution in [0.25, 0.3) is 0 Å². The summed E-state index contributed by atoms with van der Waals surface area (Å²) in [4.78, 5) is 16.2. The Labute approximate surface area is 124 Å². The highest BCUT2D eigenvalue weighted by Crippen LogP contribution is 2.20. The maximum Gasteiger partial charge on any atom is 0.270 e. The molecule has 0 radical (unpaired) electrons. The highest BCUT2D eigenvalue weighted by molar-refractivity contribution is 5.92. The largest absolute Gasteiger partial charge is 0.497 e. The van der Waals surface area contributed by atoms with Gasteiger partial charge in [-0.25, -0.2) is 4.98 Å². The van der Waals surface area contributed by atoms with Crippen LogP contribution in [0.4, 0.5) is 5.69 Å². The lowest BCUT2D eigenvalue weighted by Gasteiger charge is -2.17. The Morgan fingerprint density at radius 1 is 1.29 bits per heavy atom. The first-order valence-corrected chi connectivity index (χ1v) is 6.80. The number of rotatable bonds is 5. The van der Waals surface area contributed by atoms with E-state index in [2.05, 4.69) is 10.3 Å². The van der Waals surface area contributed by atoms with Gasteiger partial charge in [-0.05, 0) is 36.2 Å². The van der Waals surface area contributed by atoms with Crippen molar-refractivity contribution >= 4 is 11.6 Å². The molecule has 0 aliphatic heterocycles. The summed E-state index contributed by atoms with van der Waals surface area (Å²) in [6, 6.07) is 10.9. The van der Waals surface area contributed by atoms with E-state index in [-0.39, 0.29) is 11.9 Å². The number of pyridine rings is 1. The van der Waals surface area contributed by atoms with Gasteiger partial charge < -0.3 is 15.8 Å². The zero-order valence-corrected chi connectivity index (χ0v) is 12.2. The third-order valence-corrected chi connectivity index (χ3v) is 3.25. The molecule has 1 unspecified atom stereocenters. The average molecular weight is 285 g/mol. The van der Waals surface area contributed by atoms with Gasteiger partial charge in [0.25, 0.3) is 5.91 Å². The van der Waals surface area contributed by atoms with Crippen LogP contribution in [0.1, 0.15) is 35.4 Å². The Morgan fingerprint density at radius 3 is 2.52 bits per heavy atom. The first kappa shape index (κ1) is 14.8. The quantitative estimate of drug-likeness (QED) is 0.885. The molecule has 1 heterocycles. The molecule has 1 aromatic carbocycles. The fourth-order valence-corrected chi connectivity index (χ4v) is 2.03. The normalized spacial score (nSPS) is 11.7. The molecule has 2 rings (SSSR count). The van der Waals surface area contributed by atoms with Crippen molar-refractivity contribution in [3.63, 3.8) is 0 Å². The summed E-state index contributed by atoms with van der Waals surface area (Å²) < 4.78 is 5.13. The summed E-state index contributed by atoms with van der Waals surface area (Å²) in [5, 5.41) is 2.97. The Kier molecular flexibility index (Phi) is 4.77. The van der Waals surface area contributed by atoms with Gasteiger partial charge in [-0.3, -0.25) is 4.79 Å². The lowest BCUT2D eigenvalue weighted by Crippen LogP contribution is -2.28. The second-order valence-electron chi connectivity index (χ2n) is 4.68. The number of benzene rings is 1. The minimum atomic E-state index is -0.210. The predicted molar refractivity (Wildman–Crippen MR) is 82.1 cm³/mol. The number of methoxy groups -OCH3 is 1. The number of aromatic nitrogens is 1. The van der Waals surface area contributed by atoms with E-state index in [0.717, 1.165) is 17.7 Å². The third kappa shape index (κ3) is 3.72. The number of nitrogens with one attached hydrogen (secondary N) is 1. The van der Waals surface area contributed by atoms with Crippen molar-refractivity contribution in [1.29, 1.82) is 0 Å². The fourth-order valence-electron chi connectivity index (χ4n) is 2.03. The van der Waals surface area contributed by atoms with Gasteiger partial charge in [0, 0.05) is 0 Å². The van der Waals surface area contributed by atoms with Crippen molar-refractivity contribution in [3.8, 4) is 5.75 Å². The van der Waals surface area contributed by atoms with E-state index in [0.29, 0.717) is 11.4 Å². The highest BCUT2D eigenvalue weighted by Gasteiger charge is 2.15. The molecule has 1 atom stereocenters. The van der Waals surface area contributed by atoms with Crippen LogP contribution < -0.4 is 15.8 Å². The van der Waals surface area contributed by atoms with E-state index >= 15 is 0 Å². The van der Waals surface area contributed by atoms with Crippen molar-refractivity contribution in [2.45, 2.75) is 19.4 Å². The second-order valence-corrected chi connectivity index (χ2v) is 4.68. The molecule has 110 valence electrons. The minimum Gasteiger partial charge on any atom is -0.497 e. The minimum absolute atomic E-state index is 0.0669. The van der Waals surface area contributed by atoms with Gasteiger partial charge in [0.1, 0.15) is 11.4 Å². The number of amides is 1. The van der Waals surface area contributed by atoms with Crippen molar-refractivity contribution < 1.29 is 9.53 Å². The van der Waals surface area contributed by atoms with E-state index in [1.807, 2.05) is 31.2 Å². The maximum atomic E-state index is 12.2. The summed E-state index contributed by atoms with van der Waals surface area (Å²) in [6.07, 6.45) is 2.26. The molecule has 5 nitrogen and oxygen atoms in total. The van der Waals surface area contributed by atoms with Crippen molar-refractivity contribution in [3.05, 3.63) is 53.9 Å². The third-order valence-electron chi connectivity index (χ3n) is 3.25. The fraction of sp³-hybridized carbons (Fsp3) is 0.250. The van der Waals surface area contributed by atoms with Crippen molar-refractivity contribution in [1.82, 2.24) is 10.3 Å². The predicted octanol–water partition coefficient (Wildman–Crippen LogP) is 2.55.